The highest BCUT2D eigenvalue weighted by Crippen LogP contribution is 2.27. The first-order valence-electron chi connectivity index (χ1n) is 8.66. The van der Waals surface area contributed by atoms with Gasteiger partial charge in [0.2, 0.25) is 0 Å². The Hall–Kier alpha value is -2.30. The topological polar surface area (TPSA) is 50.2 Å². The van der Waals surface area contributed by atoms with Gasteiger partial charge in [0.15, 0.2) is 0 Å². The van der Waals surface area contributed by atoms with Crippen molar-refractivity contribution >= 4 is 6.03 Å². The lowest BCUT2D eigenvalue weighted by Crippen LogP contribution is -2.43. The number of hydrogen-bond donors (Lipinski definition) is 1. The number of hydrogen-bond acceptors (Lipinski definition) is 2. The molecule has 1 atom stereocenters. The normalized spacial score (nSPS) is 15.6. The molecule has 1 aliphatic carbocycles. The lowest BCUT2D eigenvalue weighted by molar-refractivity contribution is 0.179. The molecular weight excluding hydrogens is 300 g/mol. The van der Waals surface area contributed by atoms with Crippen molar-refractivity contribution in [2.45, 2.75) is 31.7 Å². The molecule has 0 saturated heterocycles. The Kier molecular flexibility index (Phi) is 5.18. The molecule has 1 aliphatic rings. The molecule has 3 rings (SSSR count). The SMILES string of the molecule is CN(CC1CCC1)C(=O)N[C@H](Cc1nccn1C)c1ccccc1. The third kappa shape index (κ3) is 3.96. The van der Waals surface area contributed by atoms with Crippen LogP contribution in [0.25, 0.3) is 0 Å². The number of aryl methyl sites for hydroxylation is 1. The van der Waals surface area contributed by atoms with E-state index in [0.29, 0.717) is 12.3 Å². The summed E-state index contributed by atoms with van der Waals surface area (Å²) in [5.41, 5.74) is 1.10. The summed E-state index contributed by atoms with van der Waals surface area (Å²) in [6.07, 6.45) is 8.19. The predicted octanol–water partition coefficient (Wildman–Crippen LogP) is 3.15. The van der Waals surface area contributed by atoms with Crippen molar-refractivity contribution < 1.29 is 4.79 Å². The molecule has 5 nitrogen and oxygen atoms in total. The summed E-state index contributed by atoms with van der Waals surface area (Å²) in [6, 6.07) is 10.0. The van der Waals surface area contributed by atoms with Crippen LogP contribution in [0, 0.1) is 5.92 Å². The Morgan fingerprint density at radius 1 is 1.38 bits per heavy atom. The Morgan fingerprint density at radius 3 is 2.71 bits per heavy atom. The van der Waals surface area contributed by atoms with Crippen LogP contribution in [0.1, 0.15) is 36.7 Å². The van der Waals surface area contributed by atoms with Gasteiger partial charge in [-0.2, -0.15) is 0 Å². The minimum Gasteiger partial charge on any atom is -0.338 e. The lowest BCUT2D eigenvalue weighted by Gasteiger charge is -2.31. The average Bonchev–Trinajstić information content (AvgIpc) is 2.96. The van der Waals surface area contributed by atoms with E-state index in [-0.39, 0.29) is 12.1 Å². The summed E-state index contributed by atoms with van der Waals surface area (Å²) >= 11 is 0. The van der Waals surface area contributed by atoms with Crippen LogP contribution in [0.4, 0.5) is 4.79 Å². The monoisotopic (exact) mass is 326 g/mol. The molecular formula is C19H26N4O. The minimum atomic E-state index is -0.0800. The number of benzene rings is 1. The standard InChI is InChI=1S/C19H26N4O/c1-22-12-11-20-18(22)13-17(16-9-4-3-5-10-16)21-19(24)23(2)14-15-7-6-8-15/h3-5,9-12,15,17H,6-8,13-14H2,1-2H3,(H,21,24)/t17-/m1/s1. The Balaban J connectivity index is 1.69. The van der Waals surface area contributed by atoms with Crippen molar-refractivity contribution in [2.24, 2.45) is 13.0 Å². The summed E-state index contributed by atoms with van der Waals surface area (Å²) in [5.74, 6) is 1.64. The smallest absolute Gasteiger partial charge is 0.317 e. The fourth-order valence-electron chi connectivity index (χ4n) is 3.12. The summed E-state index contributed by atoms with van der Waals surface area (Å²) in [4.78, 5) is 18.8. The molecule has 1 fully saturated rings. The quantitative estimate of drug-likeness (QED) is 0.886. The van der Waals surface area contributed by atoms with Crippen LogP contribution >= 0.6 is 0 Å². The van der Waals surface area contributed by atoms with Gasteiger partial charge in [0.1, 0.15) is 5.82 Å². The van der Waals surface area contributed by atoms with Crippen LogP contribution in [-0.2, 0) is 13.5 Å². The zero-order chi connectivity index (χ0) is 16.9. The first kappa shape index (κ1) is 16.6. The first-order chi connectivity index (χ1) is 11.6. The van der Waals surface area contributed by atoms with E-state index in [1.165, 1.54) is 19.3 Å². The maximum atomic E-state index is 12.6. The van der Waals surface area contributed by atoms with Crippen LogP contribution < -0.4 is 5.32 Å². The molecule has 1 aromatic heterocycles. The van der Waals surface area contributed by atoms with Gasteiger partial charge in [0.25, 0.3) is 0 Å². The molecule has 1 heterocycles. The number of rotatable bonds is 6. The van der Waals surface area contributed by atoms with E-state index in [4.69, 9.17) is 0 Å². The minimum absolute atomic E-state index is 0.00929. The molecule has 128 valence electrons. The highest BCUT2D eigenvalue weighted by Gasteiger charge is 2.23. The molecule has 2 amide bonds. The van der Waals surface area contributed by atoms with Crippen LogP contribution in [0.3, 0.4) is 0 Å². The average molecular weight is 326 g/mol. The molecule has 0 spiro atoms. The van der Waals surface area contributed by atoms with E-state index in [2.05, 4.69) is 22.4 Å². The second-order valence-electron chi connectivity index (χ2n) is 6.75. The Morgan fingerprint density at radius 2 is 2.12 bits per heavy atom. The molecule has 1 aromatic carbocycles. The van der Waals surface area contributed by atoms with Gasteiger partial charge >= 0.3 is 6.03 Å². The molecule has 0 radical (unpaired) electrons. The zero-order valence-corrected chi connectivity index (χ0v) is 14.5. The summed E-state index contributed by atoms with van der Waals surface area (Å²) < 4.78 is 2.00. The lowest BCUT2D eigenvalue weighted by atomic mass is 9.85. The maximum absolute atomic E-state index is 12.6. The van der Waals surface area contributed by atoms with Gasteiger partial charge in [0.05, 0.1) is 6.04 Å². The van der Waals surface area contributed by atoms with Gasteiger partial charge in [-0.15, -0.1) is 0 Å². The van der Waals surface area contributed by atoms with E-state index in [9.17, 15) is 4.79 Å². The highest BCUT2D eigenvalue weighted by atomic mass is 16.2. The number of aromatic nitrogens is 2. The number of nitrogens with one attached hydrogen (secondary N) is 1. The fourth-order valence-corrected chi connectivity index (χ4v) is 3.12. The van der Waals surface area contributed by atoms with E-state index in [1.807, 2.05) is 48.0 Å². The van der Waals surface area contributed by atoms with Crippen LogP contribution in [0.5, 0.6) is 0 Å². The van der Waals surface area contributed by atoms with E-state index >= 15 is 0 Å². The van der Waals surface area contributed by atoms with Crippen molar-refractivity contribution in [3.05, 3.63) is 54.1 Å². The van der Waals surface area contributed by atoms with Gasteiger partial charge in [-0.3, -0.25) is 0 Å². The second kappa shape index (κ2) is 7.51. The first-order valence-corrected chi connectivity index (χ1v) is 8.66. The van der Waals surface area contributed by atoms with Crippen LogP contribution in [0.15, 0.2) is 42.7 Å². The van der Waals surface area contributed by atoms with Crippen LogP contribution in [-0.4, -0.2) is 34.1 Å². The third-order valence-corrected chi connectivity index (χ3v) is 4.91. The van der Waals surface area contributed by atoms with Crippen molar-refractivity contribution in [2.75, 3.05) is 13.6 Å². The summed E-state index contributed by atoms with van der Waals surface area (Å²) in [7, 11) is 3.87. The van der Waals surface area contributed by atoms with Crippen molar-refractivity contribution in [1.82, 2.24) is 19.8 Å². The predicted molar refractivity (Wildman–Crippen MR) is 94.6 cm³/mol. The Labute approximate surface area is 143 Å². The zero-order valence-electron chi connectivity index (χ0n) is 14.5. The number of nitrogens with zero attached hydrogens (tertiary/aromatic N) is 3. The molecule has 0 unspecified atom stereocenters. The maximum Gasteiger partial charge on any atom is 0.317 e. The summed E-state index contributed by atoms with van der Waals surface area (Å²) in [6.45, 7) is 0.843. The number of urea groups is 1. The number of carbonyl (C=O) groups excluding carboxylic acids is 1. The van der Waals surface area contributed by atoms with Crippen molar-refractivity contribution in [3.63, 3.8) is 0 Å². The molecule has 24 heavy (non-hydrogen) atoms. The second-order valence-corrected chi connectivity index (χ2v) is 6.75. The van der Waals surface area contributed by atoms with Crippen LogP contribution in [0.2, 0.25) is 0 Å². The summed E-state index contributed by atoms with van der Waals surface area (Å²) in [5, 5.41) is 3.19. The van der Waals surface area contributed by atoms with Crippen molar-refractivity contribution in [1.29, 1.82) is 0 Å². The van der Waals surface area contributed by atoms with Gasteiger partial charge in [-0.1, -0.05) is 36.8 Å². The van der Waals surface area contributed by atoms with Gasteiger partial charge < -0.3 is 14.8 Å². The molecule has 2 aromatic rings. The number of imidazole rings is 1. The van der Waals surface area contributed by atoms with Gasteiger partial charge in [-0.25, -0.2) is 9.78 Å². The molecule has 1 N–H and O–H groups in total. The number of carbonyl (C=O) groups is 1. The molecule has 1 saturated carbocycles. The fraction of sp³-hybridized carbons (Fsp3) is 0.474. The van der Waals surface area contributed by atoms with E-state index in [0.717, 1.165) is 17.9 Å². The van der Waals surface area contributed by atoms with Crippen molar-refractivity contribution in [3.8, 4) is 0 Å². The molecule has 5 heteroatoms. The highest BCUT2D eigenvalue weighted by molar-refractivity contribution is 5.74. The third-order valence-electron chi connectivity index (χ3n) is 4.91. The molecule has 0 aliphatic heterocycles. The Bertz CT molecular complexity index is 663. The van der Waals surface area contributed by atoms with E-state index in [1.54, 1.807) is 6.20 Å². The van der Waals surface area contributed by atoms with E-state index < -0.39 is 0 Å². The van der Waals surface area contributed by atoms with Gasteiger partial charge in [-0.05, 0) is 24.3 Å². The largest absolute Gasteiger partial charge is 0.338 e. The number of amides is 2. The van der Waals surface area contributed by atoms with Gasteiger partial charge in [0, 0.05) is 39.5 Å². The molecule has 0 bridgehead atoms.